The number of imidazole rings is 1. The van der Waals surface area contributed by atoms with Crippen LogP contribution in [0.1, 0.15) is 6.92 Å². The summed E-state index contributed by atoms with van der Waals surface area (Å²) in [7, 11) is 1.84. The maximum absolute atomic E-state index is 6.15. The van der Waals surface area contributed by atoms with E-state index in [1.54, 1.807) is 4.57 Å². The minimum absolute atomic E-state index is 0.446. The predicted octanol–water partition coefficient (Wildman–Crippen LogP) is 3.48. The van der Waals surface area contributed by atoms with Crippen LogP contribution in [0.2, 0.25) is 5.02 Å². The van der Waals surface area contributed by atoms with E-state index in [1.807, 2.05) is 32.2 Å². The zero-order valence-corrected chi connectivity index (χ0v) is 12.4. The number of nitrogens with two attached hydrogens (primary N) is 1. The summed E-state index contributed by atoms with van der Waals surface area (Å²) >= 11 is 9.61. The molecule has 0 aliphatic heterocycles. The highest BCUT2D eigenvalue weighted by molar-refractivity contribution is 9.10. The molecule has 0 aliphatic rings. The van der Waals surface area contributed by atoms with Crippen molar-refractivity contribution in [3.05, 3.63) is 27.8 Å². The van der Waals surface area contributed by atoms with Gasteiger partial charge in [-0.1, -0.05) is 11.6 Å². The van der Waals surface area contributed by atoms with Crippen molar-refractivity contribution in [3.63, 3.8) is 0 Å². The first-order valence-electron chi connectivity index (χ1n) is 5.45. The van der Waals surface area contributed by atoms with Gasteiger partial charge in [-0.3, -0.25) is 0 Å². The Morgan fingerprint density at radius 1 is 1.50 bits per heavy atom. The fourth-order valence-electron chi connectivity index (χ4n) is 1.60. The monoisotopic (exact) mass is 329 g/mol. The first-order valence-corrected chi connectivity index (χ1v) is 6.62. The molecular formula is C12H13BrClN3O. The highest BCUT2D eigenvalue weighted by Gasteiger charge is 2.13. The van der Waals surface area contributed by atoms with Crippen LogP contribution in [0.15, 0.2) is 22.8 Å². The van der Waals surface area contributed by atoms with E-state index in [2.05, 4.69) is 20.9 Å². The quantitative estimate of drug-likeness (QED) is 0.937. The standard InChI is InChI=1S/C12H13BrClN3O/c1-3-18-9-5-4-7(6-8(9)14)10-11(13)17(2)12(15)16-10/h4-6H,3H2,1-2H3,(H2,15,16). The highest BCUT2D eigenvalue weighted by atomic mass is 79.9. The third-order valence-electron chi connectivity index (χ3n) is 2.57. The van der Waals surface area contributed by atoms with Crippen molar-refractivity contribution in [2.75, 3.05) is 12.3 Å². The van der Waals surface area contributed by atoms with Gasteiger partial charge in [-0.15, -0.1) is 0 Å². The van der Waals surface area contributed by atoms with Crippen LogP contribution < -0.4 is 10.5 Å². The minimum atomic E-state index is 0.446. The highest BCUT2D eigenvalue weighted by Crippen LogP contribution is 2.34. The number of nitrogen functional groups attached to an aromatic ring is 1. The van der Waals surface area contributed by atoms with E-state index in [9.17, 15) is 0 Å². The average molecular weight is 331 g/mol. The number of hydrogen-bond donors (Lipinski definition) is 1. The molecule has 0 spiro atoms. The molecule has 0 bridgehead atoms. The average Bonchev–Trinajstić information content (AvgIpc) is 2.60. The number of benzene rings is 1. The van der Waals surface area contributed by atoms with Crippen LogP contribution in [0.3, 0.4) is 0 Å². The number of aromatic nitrogens is 2. The van der Waals surface area contributed by atoms with E-state index in [0.29, 0.717) is 23.3 Å². The Morgan fingerprint density at radius 2 is 2.22 bits per heavy atom. The topological polar surface area (TPSA) is 53.1 Å². The Kier molecular flexibility index (Phi) is 3.82. The van der Waals surface area contributed by atoms with Gasteiger partial charge in [0.25, 0.3) is 0 Å². The summed E-state index contributed by atoms with van der Waals surface area (Å²) in [4.78, 5) is 4.29. The third-order valence-corrected chi connectivity index (χ3v) is 3.77. The molecule has 2 rings (SSSR count). The van der Waals surface area contributed by atoms with Gasteiger partial charge < -0.3 is 15.0 Å². The molecule has 2 aromatic rings. The molecule has 0 unspecified atom stereocenters. The first-order chi connectivity index (χ1) is 8.54. The van der Waals surface area contributed by atoms with Gasteiger partial charge in [-0.05, 0) is 41.1 Å². The molecule has 2 N–H and O–H groups in total. The van der Waals surface area contributed by atoms with Crippen molar-refractivity contribution in [1.29, 1.82) is 0 Å². The summed E-state index contributed by atoms with van der Waals surface area (Å²) in [6.45, 7) is 2.50. The molecule has 0 fully saturated rings. The Balaban J connectivity index is 2.45. The zero-order chi connectivity index (χ0) is 13.3. The molecule has 0 saturated carbocycles. The summed E-state index contributed by atoms with van der Waals surface area (Å²) in [5.41, 5.74) is 7.41. The van der Waals surface area contributed by atoms with Gasteiger partial charge in [-0.25, -0.2) is 4.98 Å². The summed E-state index contributed by atoms with van der Waals surface area (Å²) in [5, 5.41) is 0.561. The van der Waals surface area contributed by atoms with Gasteiger partial charge in [0, 0.05) is 12.6 Å². The molecule has 18 heavy (non-hydrogen) atoms. The fourth-order valence-corrected chi connectivity index (χ4v) is 2.33. The fraction of sp³-hybridized carbons (Fsp3) is 0.250. The lowest BCUT2D eigenvalue weighted by molar-refractivity contribution is 0.340. The lowest BCUT2D eigenvalue weighted by atomic mass is 10.1. The number of nitrogens with zero attached hydrogens (tertiary/aromatic N) is 2. The largest absolute Gasteiger partial charge is 0.492 e. The van der Waals surface area contributed by atoms with Crippen LogP contribution in [0.25, 0.3) is 11.3 Å². The van der Waals surface area contributed by atoms with Crippen molar-refractivity contribution in [3.8, 4) is 17.0 Å². The van der Waals surface area contributed by atoms with Crippen LogP contribution in [0.4, 0.5) is 5.95 Å². The minimum Gasteiger partial charge on any atom is -0.492 e. The lowest BCUT2D eigenvalue weighted by Gasteiger charge is -2.06. The molecule has 96 valence electrons. The Morgan fingerprint density at radius 3 is 2.72 bits per heavy atom. The van der Waals surface area contributed by atoms with E-state index in [4.69, 9.17) is 22.1 Å². The van der Waals surface area contributed by atoms with Crippen molar-refractivity contribution < 1.29 is 4.74 Å². The number of rotatable bonds is 3. The van der Waals surface area contributed by atoms with E-state index >= 15 is 0 Å². The third kappa shape index (κ3) is 2.33. The molecule has 0 aliphatic carbocycles. The molecule has 4 nitrogen and oxygen atoms in total. The molecule has 1 heterocycles. The van der Waals surface area contributed by atoms with Crippen molar-refractivity contribution in [2.24, 2.45) is 7.05 Å². The van der Waals surface area contributed by atoms with E-state index in [-0.39, 0.29) is 0 Å². The molecule has 0 atom stereocenters. The smallest absolute Gasteiger partial charge is 0.201 e. The second-order valence-corrected chi connectivity index (χ2v) is 4.90. The zero-order valence-electron chi connectivity index (χ0n) is 10.1. The molecule has 0 radical (unpaired) electrons. The van der Waals surface area contributed by atoms with Crippen LogP contribution >= 0.6 is 27.5 Å². The molecule has 0 saturated heterocycles. The van der Waals surface area contributed by atoms with Crippen molar-refractivity contribution >= 4 is 33.5 Å². The summed E-state index contributed by atoms with van der Waals surface area (Å²) in [6.07, 6.45) is 0. The SMILES string of the molecule is CCOc1ccc(-c2nc(N)n(C)c2Br)cc1Cl. The summed E-state index contributed by atoms with van der Waals surface area (Å²) in [6, 6.07) is 5.56. The van der Waals surface area contributed by atoms with Crippen LogP contribution in [-0.2, 0) is 7.05 Å². The van der Waals surface area contributed by atoms with E-state index < -0.39 is 0 Å². The van der Waals surface area contributed by atoms with Gasteiger partial charge in [0.2, 0.25) is 5.95 Å². The van der Waals surface area contributed by atoms with Gasteiger partial charge >= 0.3 is 0 Å². The van der Waals surface area contributed by atoms with Gasteiger partial charge in [0.05, 0.1) is 11.6 Å². The molecule has 1 aromatic carbocycles. The van der Waals surface area contributed by atoms with Crippen LogP contribution in [0.5, 0.6) is 5.75 Å². The number of hydrogen-bond acceptors (Lipinski definition) is 3. The molecule has 6 heteroatoms. The van der Waals surface area contributed by atoms with Gasteiger partial charge in [0.1, 0.15) is 16.0 Å². The maximum Gasteiger partial charge on any atom is 0.201 e. The first kappa shape index (κ1) is 13.2. The van der Waals surface area contributed by atoms with Crippen molar-refractivity contribution in [2.45, 2.75) is 6.92 Å². The van der Waals surface area contributed by atoms with E-state index in [0.717, 1.165) is 15.9 Å². The second-order valence-electron chi connectivity index (χ2n) is 3.75. The normalized spacial score (nSPS) is 10.7. The van der Waals surface area contributed by atoms with E-state index in [1.165, 1.54) is 0 Å². The summed E-state index contributed by atoms with van der Waals surface area (Å²) in [5.74, 6) is 1.12. The molecule has 0 amide bonds. The second kappa shape index (κ2) is 5.20. The number of ether oxygens (including phenoxy) is 1. The van der Waals surface area contributed by atoms with Crippen LogP contribution in [-0.4, -0.2) is 16.2 Å². The molecular weight excluding hydrogens is 318 g/mol. The Labute approximate surface area is 119 Å². The Hall–Kier alpha value is -1.20. The summed E-state index contributed by atoms with van der Waals surface area (Å²) < 4.78 is 7.98. The molecule has 1 aromatic heterocycles. The van der Waals surface area contributed by atoms with Crippen molar-refractivity contribution in [1.82, 2.24) is 9.55 Å². The number of halogens is 2. The number of anilines is 1. The maximum atomic E-state index is 6.15. The van der Waals surface area contributed by atoms with Crippen LogP contribution in [0, 0.1) is 0 Å². The van der Waals surface area contributed by atoms with Gasteiger partial charge in [0.15, 0.2) is 0 Å². The lowest BCUT2D eigenvalue weighted by Crippen LogP contribution is -1.96. The Bertz CT molecular complexity index is 583. The predicted molar refractivity (Wildman–Crippen MR) is 76.9 cm³/mol. The van der Waals surface area contributed by atoms with Gasteiger partial charge in [-0.2, -0.15) is 0 Å².